The normalized spacial score (nSPS) is 16.9. The van der Waals surface area contributed by atoms with Gasteiger partial charge in [-0.3, -0.25) is 19.7 Å². The Bertz CT molecular complexity index is 850. The fourth-order valence-corrected chi connectivity index (χ4v) is 2.50. The highest BCUT2D eigenvalue weighted by atomic mass is 16.2. The van der Waals surface area contributed by atoms with Crippen molar-refractivity contribution < 1.29 is 4.79 Å². The van der Waals surface area contributed by atoms with Crippen LogP contribution in [0.25, 0.3) is 0 Å². The molecule has 0 bridgehead atoms. The van der Waals surface area contributed by atoms with Gasteiger partial charge in [0.2, 0.25) is 0 Å². The van der Waals surface area contributed by atoms with Crippen LogP contribution < -0.4 is 21.9 Å². The van der Waals surface area contributed by atoms with Gasteiger partial charge in [-0.1, -0.05) is 29.8 Å². The Hall–Kier alpha value is -2.83. The zero-order valence-electron chi connectivity index (χ0n) is 11.6. The van der Waals surface area contributed by atoms with Crippen molar-refractivity contribution >= 4 is 11.8 Å². The van der Waals surface area contributed by atoms with Crippen molar-refractivity contribution in [2.24, 2.45) is 7.05 Å². The first-order chi connectivity index (χ1) is 9.97. The number of nitrogens with one attached hydrogen (secondary N) is 3. The number of nitrogens with zero attached hydrogens (tertiary/aromatic N) is 1. The van der Waals surface area contributed by atoms with E-state index >= 15 is 0 Å². The van der Waals surface area contributed by atoms with Crippen molar-refractivity contribution in [3.8, 4) is 0 Å². The summed E-state index contributed by atoms with van der Waals surface area (Å²) in [7, 11) is 1.50. The number of amides is 2. The summed E-state index contributed by atoms with van der Waals surface area (Å²) in [5, 5.41) is 5.24. The Morgan fingerprint density at radius 3 is 2.67 bits per heavy atom. The summed E-state index contributed by atoms with van der Waals surface area (Å²) in [6.45, 7) is 1.93. The lowest BCUT2D eigenvalue weighted by Crippen LogP contribution is -2.46. The second kappa shape index (κ2) is 4.62. The lowest BCUT2D eigenvalue weighted by molar-refractivity contribution is 0.248. The highest BCUT2D eigenvalue weighted by molar-refractivity contribution is 5.92. The largest absolute Gasteiger partial charge is 0.329 e. The van der Waals surface area contributed by atoms with Gasteiger partial charge in [-0.25, -0.2) is 9.59 Å². The molecular weight excluding hydrogens is 272 g/mol. The topological polar surface area (TPSA) is 96.0 Å². The van der Waals surface area contributed by atoms with Gasteiger partial charge in [-0.05, 0) is 12.5 Å². The van der Waals surface area contributed by atoms with E-state index in [9.17, 15) is 14.4 Å². The second-order valence-electron chi connectivity index (χ2n) is 5.03. The zero-order chi connectivity index (χ0) is 15.1. The maximum atomic E-state index is 12.2. The van der Waals surface area contributed by atoms with Crippen LogP contribution in [0.3, 0.4) is 0 Å². The van der Waals surface area contributed by atoms with Crippen LogP contribution in [0.1, 0.15) is 22.7 Å². The van der Waals surface area contributed by atoms with Crippen molar-refractivity contribution in [2.45, 2.75) is 13.0 Å². The molecule has 7 heteroatoms. The Kier molecular flexibility index (Phi) is 2.90. The minimum absolute atomic E-state index is 0.221. The number of aryl methyl sites for hydroxylation is 1. The summed E-state index contributed by atoms with van der Waals surface area (Å²) in [6.07, 6.45) is 0. The average molecular weight is 286 g/mol. The van der Waals surface area contributed by atoms with Crippen molar-refractivity contribution in [2.75, 3.05) is 5.32 Å². The molecule has 1 atom stereocenters. The number of H-pyrrole nitrogens is 1. The second-order valence-corrected chi connectivity index (χ2v) is 5.03. The summed E-state index contributed by atoms with van der Waals surface area (Å²) >= 11 is 0. The number of hydrogen-bond donors (Lipinski definition) is 3. The number of hydrogen-bond acceptors (Lipinski definition) is 3. The molecule has 2 aromatic rings. The Morgan fingerprint density at radius 2 is 1.95 bits per heavy atom. The standard InChI is InChI=1S/C14H14N4O3/c1-7-4-3-5-8(6-7)10-9-11(16-13(20)15-10)18(2)14(21)17-12(9)19/h3-6,10H,1-2H3,(H2,15,16,20)(H,17,19,21). The number of urea groups is 1. The molecule has 21 heavy (non-hydrogen) atoms. The van der Waals surface area contributed by atoms with E-state index in [0.29, 0.717) is 5.56 Å². The van der Waals surface area contributed by atoms with Gasteiger partial charge in [0.1, 0.15) is 5.82 Å². The van der Waals surface area contributed by atoms with Gasteiger partial charge in [0, 0.05) is 7.05 Å². The Labute approximate surface area is 119 Å². The molecular formula is C14H14N4O3. The van der Waals surface area contributed by atoms with Crippen LogP contribution in [-0.4, -0.2) is 15.6 Å². The first-order valence-corrected chi connectivity index (χ1v) is 6.44. The SMILES string of the molecule is Cc1cccc(C2NC(=O)Nc3c2c(=O)[nH]c(=O)n3C)c1. The summed E-state index contributed by atoms with van der Waals surface area (Å²) in [5.41, 5.74) is 1.05. The number of carbonyl (C=O) groups excluding carboxylic acids is 1. The monoisotopic (exact) mass is 286 g/mol. The maximum absolute atomic E-state index is 12.2. The number of aromatic nitrogens is 2. The zero-order valence-corrected chi connectivity index (χ0v) is 11.6. The van der Waals surface area contributed by atoms with Crippen molar-refractivity contribution in [1.29, 1.82) is 0 Å². The number of rotatable bonds is 1. The summed E-state index contributed by atoms with van der Waals surface area (Å²) < 4.78 is 1.22. The molecule has 1 unspecified atom stereocenters. The van der Waals surface area contributed by atoms with Crippen molar-refractivity contribution in [3.63, 3.8) is 0 Å². The molecule has 108 valence electrons. The van der Waals surface area contributed by atoms with Gasteiger partial charge in [-0.2, -0.15) is 0 Å². The number of carbonyl (C=O) groups is 1. The van der Waals surface area contributed by atoms with E-state index in [2.05, 4.69) is 15.6 Å². The Morgan fingerprint density at radius 1 is 1.19 bits per heavy atom. The van der Waals surface area contributed by atoms with Crippen molar-refractivity contribution in [3.05, 3.63) is 61.8 Å². The van der Waals surface area contributed by atoms with E-state index in [-0.39, 0.29) is 5.82 Å². The third-order valence-electron chi connectivity index (χ3n) is 3.53. The average Bonchev–Trinajstić information content (AvgIpc) is 2.44. The molecule has 0 fully saturated rings. The quantitative estimate of drug-likeness (QED) is 0.716. The molecule has 3 N–H and O–H groups in total. The van der Waals surface area contributed by atoms with E-state index in [1.54, 1.807) is 0 Å². The first kappa shape index (κ1) is 13.2. The van der Waals surface area contributed by atoms with Crippen molar-refractivity contribution in [1.82, 2.24) is 14.9 Å². The molecule has 0 radical (unpaired) electrons. The molecule has 0 saturated heterocycles. The number of aromatic amines is 1. The molecule has 7 nitrogen and oxygen atoms in total. The molecule has 1 aliphatic heterocycles. The van der Waals surface area contributed by atoms with Crippen LogP contribution in [-0.2, 0) is 7.05 Å². The van der Waals surface area contributed by atoms with Gasteiger partial charge in [-0.15, -0.1) is 0 Å². The third-order valence-corrected chi connectivity index (χ3v) is 3.53. The molecule has 1 aromatic heterocycles. The molecule has 0 saturated carbocycles. The predicted octanol–water partition coefficient (Wildman–Crippen LogP) is 0.607. The van der Waals surface area contributed by atoms with E-state index in [1.807, 2.05) is 31.2 Å². The van der Waals surface area contributed by atoms with Crippen LogP contribution in [0.4, 0.5) is 10.6 Å². The number of fused-ring (bicyclic) bond motifs is 1. The molecule has 1 aromatic carbocycles. The van der Waals surface area contributed by atoms with Crippen LogP contribution in [0.15, 0.2) is 33.9 Å². The first-order valence-electron chi connectivity index (χ1n) is 6.44. The number of benzene rings is 1. The van der Waals surface area contributed by atoms with Gasteiger partial charge in [0.05, 0.1) is 11.6 Å². The van der Waals surface area contributed by atoms with E-state index in [4.69, 9.17) is 0 Å². The fraction of sp³-hybridized carbons (Fsp3) is 0.214. The molecule has 2 amide bonds. The molecule has 1 aliphatic rings. The van der Waals surface area contributed by atoms with E-state index < -0.39 is 23.3 Å². The van der Waals surface area contributed by atoms with Gasteiger partial charge < -0.3 is 5.32 Å². The molecule has 3 rings (SSSR count). The molecule has 0 aliphatic carbocycles. The summed E-state index contributed by atoms with van der Waals surface area (Å²) in [4.78, 5) is 37.9. The highest BCUT2D eigenvalue weighted by Gasteiger charge is 2.30. The predicted molar refractivity (Wildman–Crippen MR) is 77.5 cm³/mol. The minimum atomic E-state index is -0.593. The highest BCUT2D eigenvalue weighted by Crippen LogP contribution is 2.28. The van der Waals surface area contributed by atoms with Gasteiger partial charge in [0.25, 0.3) is 5.56 Å². The lowest BCUT2D eigenvalue weighted by atomic mass is 9.97. The third kappa shape index (κ3) is 2.12. The van der Waals surface area contributed by atoms with Crippen LogP contribution in [0, 0.1) is 6.92 Å². The van der Waals surface area contributed by atoms with Gasteiger partial charge >= 0.3 is 11.7 Å². The molecule has 2 heterocycles. The van der Waals surface area contributed by atoms with Crippen LogP contribution in [0.5, 0.6) is 0 Å². The minimum Gasteiger partial charge on any atom is -0.327 e. The van der Waals surface area contributed by atoms with E-state index in [1.165, 1.54) is 11.6 Å². The Balaban J connectivity index is 2.28. The summed E-state index contributed by atoms with van der Waals surface area (Å²) in [6, 6.07) is 6.47. The smallest absolute Gasteiger partial charge is 0.327 e. The fourth-order valence-electron chi connectivity index (χ4n) is 2.50. The van der Waals surface area contributed by atoms with Crippen LogP contribution >= 0.6 is 0 Å². The van der Waals surface area contributed by atoms with E-state index in [0.717, 1.165) is 11.1 Å². The maximum Gasteiger partial charge on any atom is 0.329 e. The molecule has 0 spiro atoms. The number of anilines is 1. The van der Waals surface area contributed by atoms with Crippen LogP contribution in [0.2, 0.25) is 0 Å². The summed E-state index contributed by atoms with van der Waals surface area (Å²) in [5.74, 6) is 0.221. The van der Waals surface area contributed by atoms with Gasteiger partial charge in [0.15, 0.2) is 0 Å². The lowest BCUT2D eigenvalue weighted by Gasteiger charge is -2.27.